The molecule has 0 radical (unpaired) electrons. The molecule has 2 rings (SSSR count). The summed E-state index contributed by atoms with van der Waals surface area (Å²) in [5.74, 6) is 0. The molecule has 0 amide bonds. The van der Waals surface area contributed by atoms with E-state index in [1.165, 1.54) is 24.1 Å². The molecule has 3 heteroatoms. The lowest BCUT2D eigenvalue weighted by atomic mass is 9.96. The number of hydrogen-bond acceptors (Lipinski definition) is 2. The van der Waals surface area contributed by atoms with Gasteiger partial charge in [-0.1, -0.05) is 24.6 Å². The Bertz CT molecular complexity index is 405. The summed E-state index contributed by atoms with van der Waals surface area (Å²) >= 11 is 6.12. The fourth-order valence-corrected chi connectivity index (χ4v) is 3.06. The van der Waals surface area contributed by atoms with Gasteiger partial charge >= 0.3 is 0 Å². The molecule has 100 valence electrons. The molecule has 0 saturated carbocycles. The van der Waals surface area contributed by atoms with Crippen LogP contribution in [0.5, 0.6) is 0 Å². The summed E-state index contributed by atoms with van der Waals surface area (Å²) in [6.07, 6.45) is 2.42. The number of hydrogen-bond donors (Lipinski definition) is 1. The molecule has 2 nitrogen and oxygen atoms in total. The summed E-state index contributed by atoms with van der Waals surface area (Å²) in [6, 6.07) is 7.42. The van der Waals surface area contributed by atoms with Crippen molar-refractivity contribution in [2.24, 2.45) is 0 Å². The van der Waals surface area contributed by atoms with Gasteiger partial charge in [0.2, 0.25) is 0 Å². The van der Waals surface area contributed by atoms with Crippen molar-refractivity contribution in [2.45, 2.75) is 45.7 Å². The Morgan fingerprint density at radius 1 is 1.44 bits per heavy atom. The van der Waals surface area contributed by atoms with Gasteiger partial charge in [0.05, 0.1) is 0 Å². The van der Waals surface area contributed by atoms with Gasteiger partial charge in [0, 0.05) is 29.3 Å². The summed E-state index contributed by atoms with van der Waals surface area (Å²) in [5.41, 5.74) is 2.61. The van der Waals surface area contributed by atoms with Crippen molar-refractivity contribution in [2.75, 3.05) is 18.0 Å². The molecule has 1 aromatic rings. The Labute approximate surface area is 115 Å². The normalized spacial score (nSPS) is 24.3. The van der Waals surface area contributed by atoms with Crippen molar-refractivity contribution in [3.63, 3.8) is 0 Å². The predicted octanol–water partition coefficient (Wildman–Crippen LogP) is 3.62. The Morgan fingerprint density at radius 3 is 2.89 bits per heavy atom. The fourth-order valence-electron chi connectivity index (χ4n) is 2.90. The number of piperidine rings is 1. The lowest BCUT2D eigenvalue weighted by Crippen LogP contribution is -2.47. The van der Waals surface area contributed by atoms with Gasteiger partial charge in [-0.3, -0.25) is 0 Å². The minimum Gasteiger partial charge on any atom is -0.368 e. The third kappa shape index (κ3) is 2.99. The zero-order valence-corrected chi connectivity index (χ0v) is 12.3. The monoisotopic (exact) mass is 266 g/mol. The SMILES string of the molecule is CCNC1CCN(c2cc(Cl)ccc2C)C(C)C1. The van der Waals surface area contributed by atoms with Crippen molar-refractivity contribution >= 4 is 17.3 Å². The molecule has 1 aliphatic heterocycles. The number of nitrogens with one attached hydrogen (secondary N) is 1. The van der Waals surface area contributed by atoms with Crippen LogP contribution in [0.25, 0.3) is 0 Å². The molecule has 2 atom stereocenters. The molecule has 0 bridgehead atoms. The zero-order chi connectivity index (χ0) is 13.1. The summed E-state index contributed by atoms with van der Waals surface area (Å²) < 4.78 is 0. The first-order chi connectivity index (χ1) is 8.61. The number of halogens is 1. The van der Waals surface area contributed by atoms with E-state index in [4.69, 9.17) is 11.6 Å². The molecule has 2 unspecified atom stereocenters. The van der Waals surface area contributed by atoms with Gasteiger partial charge in [-0.05, 0) is 50.9 Å². The minimum atomic E-state index is 0.569. The molecule has 0 spiro atoms. The lowest BCUT2D eigenvalue weighted by Gasteiger charge is -2.40. The van der Waals surface area contributed by atoms with Crippen LogP contribution < -0.4 is 10.2 Å². The van der Waals surface area contributed by atoms with Gasteiger partial charge < -0.3 is 10.2 Å². The largest absolute Gasteiger partial charge is 0.368 e. The van der Waals surface area contributed by atoms with Crippen molar-refractivity contribution in [3.8, 4) is 0 Å². The van der Waals surface area contributed by atoms with E-state index in [1.54, 1.807) is 0 Å². The van der Waals surface area contributed by atoms with Crippen LogP contribution in [0, 0.1) is 6.92 Å². The van der Waals surface area contributed by atoms with Gasteiger partial charge in [0.15, 0.2) is 0 Å². The van der Waals surface area contributed by atoms with Crippen LogP contribution in [0.3, 0.4) is 0 Å². The third-order valence-corrected chi connectivity index (χ3v) is 4.08. The van der Waals surface area contributed by atoms with Gasteiger partial charge in [0.1, 0.15) is 0 Å². The maximum absolute atomic E-state index is 6.12. The lowest BCUT2D eigenvalue weighted by molar-refractivity contribution is 0.374. The minimum absolute atomic E-state index is 0.569. The fraction of sp³-hybridized carbons (Fsp3) is 0.600. The standard InChI is InChI=1S/C15H23ClN2/c1-4-17-14-7-8-18(12(3)9-14)15-10-13(16)6-5-11(15)2/h5-6,10,12,14,17H,4,7-9H2,1-3H3. The first kappa shape index (κ1) is 13.7. The van der Waals surface area contributed by atoms with Gasteiger partial charge in [-0.15, -0.1) is 0 Å². The van der Waals surface area contributed by atoms with Crippen molar-refractivity contribution < 1.29 is 0 Å². The van der Waals surface area contributed by atoms with E-state index in [-0.39, 0.29) is 0 Å². The van der Waals surface area contributed by atoms with Crippen LogP contribution in [0.1, 0.15) is 32.3 Å². The summed E-state index contributed by atoms with van der Waals surface area (Å²) in [7, 11) is 0. The molecule has 1 saturated heterocycles. The topological polar surface area (TPSA) is 15.3 Å². The molecule has 18 heavy (non-hydrogen) atoms. The van der Waals surface area contributed by atoms with Gasteiger partial charge in [-0.2, -0.15) is 0 Å². The van der Waals surface area contributed by atoms with Crippen molar-refractivity contribution in [1.82, 2.24) is 5.32 Å². The van der Waals surface area contributed by atoms with Crippen molar-refractivity contribution in [1.29, 1.82) is 0 Å². The first-order valence-electron chi connectivity index (χ1n) is 6.88. The van der Waals surface area contributed by atoms with Crippen molar-refractivity contribution in [3.05, 3.63) is 28.8 Å². The van der Waals surface area contributed by atoms with Crippen LogP contribution in [0.4, 0.5) is 5.69 Å². The molecule has 1 aromatic carbocycles. The smallest absolute Gasteiger partial charge is 0.0426 e. The molecule has 1 N–H and O–H groups in total. The molecule has 1 heterocycles. The highest BCUT2D eigenvalue weighted by Crippen LogP contribution is 2.30. The van der Waals surface area contributed by atoms with Crippen LogP contribution in [-0.4, -0.2) is 25.2 Å². The maximum atomic E-state index is 6.12. The highest BCUT2D eigenvalue weighted by atomic mass is 35.5. The summed E-state index contributed by atoms with van der Waals surface area (Å²) in [5, 5.41) is 4.39. The number of benzene rings is 1. The molecule has 0 aliphatic carbocycles. The molecular formula is C15H23ClN2. The Hall–Kier alpha value is -0.730. The van der Waals surface area contributed by atoms with E-state index >= 15 is 0 Å². The maximum Gasteiger partial charge on any atom is 0.0426 e. The Balaban J connectivity index is 2.12. The van der Waals surface area contributed by atoms with Crippen LogP contribution in [0.2, 0.25) is 5.02 Å². The zero-order valence-electron chi connectivity index (χ0n) is 11.5. The Morgan fingerprint density at radius 2 is 2.22 bits per heavy atom. The summed E-state index contributed by atoms with van der Waals surface area (Å²) in [4.78, 5) is 2.50. The van der Waals surface area contributed by atoms with Crippen LogP contribution in [-0.2, 0) is 0 Å². The number of nitrogens with zero attached hydrogens (tertiary/aromatic N) is 1. The Kier molecular flexibility index (Phi) is 4.52. The van der Waals surface area contributed by atoms with Crippen LogP contribution >= 0.6 is 11.6 Å². The molecule has 1 fully saturated rings. The van der Waals surface area contributed by atoms with E-state index in [0.717, 1.165) is 18.1 Å². The van der Waals surface area contributed by atoms with E-state index in [2.05, 4.69) is 43.1 Å². The number of aryl methyl sites for hydroxylation is 1. The second kappa shape index (κ2) is 5.94. The van der Waals surface area contributed by atoms with Gasteiger partial charge in [0.25, 0.3) is 0 Å². The molecular weight excluding hydrogens is 244 g/mol. The predicted molar refractivity (Wildman–Crippen MR) is 79.7 cm³/mol. The van der Waals surface area contributed by atoms with E-state index in [1.807, 2.05) is 6.07 Å². The van der Waals surface area contributed by atoms with Crippen LogP contribution in [0.15, 0.2) is 18.2 Å². The second-order valence-electron chi connectivity index (χ2n) is 5.25. The number of rotatable bonds is 3. The number of anilines is 1. The van der Waals surface area contributed by atoms with E-state index < -0.39 is 0 Å². The average Bonchev–Trinajstić information content (AvgIpc) is 2.33. The second-order valence-corrected chi connectivity index (χ2v) is 5.69. The summed E-state index contributed by atoms with van der Waals surface area (Å²) in [6.45, 7) is 8.82. The highest BCUT2D eigenvalue weighted by molar-refractivity contribution is 6.30. The van der Waals surface area contributed by atoms with E-state index in [0.29, 0.717) is 12.1 Å². The quantitative estimate of drug-likeness (QED) is 0.899. The first-order valence-corrected chi connectivity index (χ1v) is 7.25. The van der Waals surface area contributed by atoms with E-state index in [9.17, 15) is 0 Å². The molecule has 1 aliphatic rings. The van der Waals surface area contributed by atoms with Gasteiger partial charge in [-0.25, -0.2) is 0 Å². The third-order valence-electron chi connectivity index (χ3n) is 3.85. The average molecular weight is 267 g/mol. The highest BCUT2D eigenvalue weighted by Gasteiger charge is 2.25. The molecule has 0 aromatic heterocycles.